The number of nitrogens with zero attached hydrogens (tertiary/aromatic N) is 2. The van der Waals surface area contributed by atoms with E-state index in [-0.39, 0.29) is 12.2 Å². The van der Waals surface area contributed by atoms with E-state index < -0.39 is 6.04 Å². The summed E-state index contributed by atoms with van der Waals surface area (Å²) < 4.78 is 15.8. The van der Waals surface area contributed by atoms with Crippen molar-refractivity contribution in [2.45, 2.75) is 19.3 Å². The Kier molecular flexibility index (Phi) is 5.24. The van der Waals surface area contributed by atoms with Gasteiger partial charge in [0.25, 0.3) is 0 Å². The number of carbonyl (C=O) groups is 1. The number of benzene rings is 1. The summed E-state index contributed by atoms with van der Waals surface area (Å²) in [6.07, 6.45) is -0.341. The molecule has 3 rings (SSSR count). The van der Waals surface area contributed by atoms with E-state index >= 15 is 0 Å². The van der Waals surface area contributed by atoms with Gasteiger partial charge in [-0.05, 0) is 12.5 Å². The first kappa shape index (κ1) is 16.6. The number of methoxy groups -OCH3 is 1. The second-order valence-corrected chi connectivity index (χ2v) is 5.66. The van der Waals surface area contributed by atoms with Crippen molar-refractivity contribution in [2.24, 2.45) is 0 Å². The Morgan fingerprint density at radius 1 is 1.42 bits per heavy atom. The minimum absolute atomic E-state index is 0.161. The third kappa shape index (κ3) is 3.81. The Labute approximate surface area is 140 Å². The maximum Gasteiger partial charge on any atom is 0.247 e. The highest BCUT2D eigenvalue weighted by molar-refractivity contribution is 5.94. The first-order valence-corrected chi connectivity index (χ1v) is 7.85. The molecule has 2 heterocycles. The Morgan fingerprint density at radius 3 is 2.88 bits per heavy atom. The number of morpholine rings is 1. The van der Waals surface area contributed by atoms with Crippen molar-refractivity contribution < 1.29 is 18.8 Å². The van der Waals surface area contributed by atoms with Gasteiger partial charge in [0.15, 0.2) is 12.1 Å². The van der Waals surface area contributed by atoms with E-state index in [1.54, 1.807) is 20.1 Å². The molecule has 7 heteroatoms. The maximum atomic E-state index is 12.9. The lowest BCUT2D eigenvalue weighted by molar-refractivity contribution is -0.172. The molecular formula is C17H21N3O4. The molecule has 0 bridgehead atoms. The third-order valence-electron chi connectivity index (χ3n) is 3.94. The van der Waals surface area contributed by atoms with Gasteiger partial charge in [0.2, 0.25) is 5.91 Å². The third-order valence-corrected chi connectivity index (χ3v) is 3.94. The molecule has 0 aliphatic carbocycles. The Bertz CT molecular complexity index is 673. The van der Waals surface area contributed by atoms with E-state index in [0.29, 0.717) is 31.3 Å². The summed E-state index contributed by atoms with van der Waals surface area (Å²) in [5.41, 5.74) is 0.909. The van der Waals surface area contributed by atoms with Crippen LogP contribution < -0.4 is 5.32 Å². The number of hydrogen-bond acceptors (Lipinski definition) is 6. The first-order chi connectivity index (χ1) is 11.7. The van der Waals surface area contributed by atoms with Crippen LogP contribution in [0.15, 0.2) is 40.9 Å². The van der Waals surface area contributed by atoms with Crippen LogP contribution >= 0.6 is 0 Å². The largest absolute Gasteiger partial charge is 0.360 e. The Morgan fingerprint density at radius 2 is 2.21 bits per heavy atom. The number of rotatable bonds is 5. The molecule has 1 aliphatic heterocycles. The summed E-state index contributed by atoms with van der Waals surface area (Å²) in [6.45, 7) is 3.45. The van der Waals surface area contributed by atoms with Crippen molar-refractivity contribution in [3.05, 3.63) is 47.7 Å². The van der Waals surface area contributed by atoms with Gasteiger partial charge >= 0.3 is 0 Å². The molecule has 1 saturated heterocycles. The van der Waals surface area contributed by atoms with E-state index in [1.165, 1.54) is 0 Å². The lowest BCUT2D eigenvalue weighted by Crippen LogP contribution is -2.48. The van der Waals surface area contributed by atoms with Crippen LogP contribution in [0.3, 0.4) is 0 Å². The lowest BCUT2D eigenvalue weighted by Gasteiger charge is -2.36. The number of nitrogens with one attached hydrogen (secondary N) is 1. The van der Waals surface area contributed by atoms with Crippen LogP contribution in [0, 0.1) is 6.92 Å². The molecule has 1 aromatic heterocycles. The standard InChI is InChI=1S/C17H21N3O4/c1-12-10-14(19-24-12)18-17(21)16(13-6-4-3-5-7-13)20-8-9-23-15(11-20)22-2/h3-7,10,15-16H,8-9,11H2,1-2H3,(H,18,19,21). The molecule has 24 heavy (non-hydrogen) atoms. The van der Waals surface area contributed by atoms with Gasteiger partial charge in [-0.1, -0.05) is 35.5 Å². The van der Waals surface area contributed by atoms with Crippen LogP contribution in [-0.4, -0.2) is 49.1 Å². The lowest BCUT2D eigenvalue weighted by atomic mass is 10.0. The second kappa shape index (κ2) is 7.57. The normalized spacial score (nSPS) is 19.8. The van der Waals surface area contributed by atoms with Crippen molar-refractivity contribution >= 4 is 11.7 Å². The fraction of sp³-hybridized carbons (Fsp3) is 0.412. The SMILES string of the molecule is COC1CN(C(C(=O)Nc2cc(C)on2)c2ccccc2)CCO1. The predicted octanol–water partition coefficient (Wildman–Crippen LogP) is 1.97. The van der Waals surface area contributed by atoms with E-state index in [1.807, 2.05) is 30.3 Å². The molecule has 2 atom stereocenters. The van der Waals surface area contributed by atoms with Gasteiger partial charge in [-0.15, -0.1) is 0 Å². The minimum atomic E-state index is -0.454. The van der Waals surface area contributed by atoms with Crippen LogP contribution in [0.4, 0.5) is 5.82 Å². The summed E-state index contributed by atoms with van der Waals surface area (Å²) in [5, 5.41) is 6.66. The molecule has 128 valence electrons. The molecule has 0 saturated carbocycles. The van der Waals surface area contributed by atoms with E-state index in [9.17, 15) is 4.79 Å². The average molecular weight is 331 g/mol. The van der Waals surface area contributed by atoms with Crippen LogP contribution in [-0.2, 0) is 14.3 Å². The second-order valence-electron chi connectivity index (χ2n) is 5.66. The molecule has 1 N–H and O–H groups in total. The maximum absolute atomic E-state index is 12.9. The van der Waals surface area contributed by atoms with Crippen LogP contribution in [0.5, 0.6) is 0 Å². The summed E-state index contributed by atoms with van der Waals surface area (Å²) >= 11 is 0. The number of hydrogen-bond donors (Lipinski definition) is 1. The van der Waals surface area contributed by atoms with Gasteiger partial charge in [-0.2, -0.15) is 0 Å². The monoisotopic (exact) mass is 331 g/mol. The average Bonchev–Trinajstić information content (AvgIpc) is 3.01. The van der Waals surface area contributed by atoms with Crippen molar-refractivity contribution in [1.29, 1.82) is 0 Å². The fourth-order valence-corrected chi connectivity index (χ4v) is 2.80. The van der Waals surface area contributed by atoms with E-state index in [0.717, 1.165) is 5.56 Å². The van der Waals surface area contributed by atoms with Gasteiger partial charge in [0, 0.05) is 19.7 Å². The molecule has 7 nitrogen and oxygen atoms in total. The summed E-state index contributed by atoms with van der Waals surface area (Å²) in [5.74, 6) is 0.897. The van der Waals surface area contributed by atoms with Gasteiger partial charge in [0.1, 0.15) is 11.8 Å². The number of aromatic nitrogens is 1. The van der Waals surface area contributed by atoms with E-state index in [2.05, 4.69) is 15.4 Å². The molecule has 1 amide bonds. The zero-order valence-electron chi connectivity index (χ0n) is 13.8. The van der Waals surface area contributed by atoms with Gasteiger partial charge in [-0.3, -0.25) is 9.69 Å². The molecule has 2 unspecified atom stereocenters. The number of anilines is 1. The fourth-order valence-electron chi connectivity index (χ4n) is 2.80. The van der Waals surface area contributed by atoms with Crippen LogP contribution in [0.1, 0.15) is 17.4 Å². The van der Waals surface area contributed by atoms with Crippen molar-refractivity contribution in [2.75, 3.05) is 32.1 Å². The Hall–Kier alpha value is -2.22. The molecule has 0 radical (unpaired) electrons. The number of carbonyl (C=O) groups excluding carboxylic acids is 1. The zero-order chi connectivity index (χ0) is 16.9. The topological polar surface area (TPSA) is 76.8 Å². The molecule has 1 fully saturated rings. The highest BCUT2D eigenvalue weighted by Gasteiger charge is 2.32. The van der Waals surface area contributed by atoms with Crippen molar-refractivity contribution in [1.82, 2.24) is 10.1 Å². The molecule has 1 aliphatic rings. The smallest absolute Gasteiger partial charge is 0.247 e. The first-order valence-electron chi connectivity index (χ1n) is 7.85. The van der Waals surface area contributed by atoms with Crippen molar-refractivity contribution in [3.63, 3.8) is 0 Å². The van der Waals surface area contributed by atoms with E-state index in [4.69, 9.17) is 14.0 Å². The summed E-state index contributed by atoms with van der Waals surface area (Å²) in [4.78, 5) is 15.0. The minimum Gasteiger partial charge on any atom is -0.360 e. The molecule has 2 aromatic rings. The number of ether oxygens (including phenoxy) is 2. The van der Waals surface area contributed by atoms with Gasteiger partial charge in [-0.25, -0.2) is 0 Å². The van der Waals surface area contributed by atoms with Crippen molar-refractivity contribution in [3.8, 4) is 0 Å². The Balaban J connectivity index is 1.83. The molecular weight excluding hydrogens is 310 g/mol. The predicted molar refractivity (Wildman–Crippen MR) is 87.4 cm³/mol. The summed E-state index contributed by atoms with van der Waals surface area (Å²) in [6, 6.07) is 10.9. The highest BCUT2D eigenvalue weighted by Crippen LogP contribution is 2.25. The molecule has 1 aromatic carbocycles. The van der Waals surface area contributed by atoms with Gasteiger partial charge < -0.3 is 19.3 Å². The van der Waals surface area contributed by atoms with Crippen LogP contribution in [0.2, 0.25) is 0 Å². The number of amides is 1. The highest BCUT2D eigenvalue weighted by atomic mass is 16.7. The van der Waals surface area contributed by atoms with Gasteiger partial charge in [0.05, 0.1) is 13.2 Å². The summed E-state index contributed by atoms with van der Waals surface area (Å²) in [7, 11) is 1.60. The zero-order valence-corrected chi connectivity index (χ0v) is 13.8. The quantitative estimate of drug-likeness (QED) is 0.903. The van der Waals surface area contributed by atoms with Crippen LogP contribution in [0.25, 0.3) is 0 Å². The number of aryl methyl sites for hydroxylation is 1. The molecule has 0 spiro atoms.